The molecule has 136 valence electrons. The monoisotopic (exact) mass is 401 g/mol. The Morgan fingerprint density at radius 3 is 2.62 bits per heavy atom. The largest absolute Gasteiger partial charge is 0.461 e. The van der Waals surface area contributed by atoms with Gasteiger partial charge in [0.15, 0.2) is 11.4 Å². The minimum absolute atomic E-state index is 0.0120. The number of aromatic nitrogens is 3. The number of hydrogen-bond donors (Lipinski definition) is 0. The molecule has 2 aromatic heterocycles. The average molecular weight is 402 g/mol. The molecular weight excluding hydrogens is 391 g/mol. The molecule has 0 spiro atoms. The van der Waals surface area contributed by atoms with Crippen molar-refractivity contribution >= 4 is 28.9 Å². The van der Waals surface area contributed by atoms with Gasteiger partial charge in [-0.3, -0.25) is 0 Å². The van der Waals surface area contributed by atoms with Crippen molar-refractivity contribution in [3.8, 4) is 16.4 Å². The number of thiazole rings is 1. The lowest BCUT2D eigenvalue weighted by Crippen LogP contribution is -2.08. The summed E-state index contributed by atoms with van der Waals surface area (Å²) >= 11 is 6.83. The Bertz CT molecular complexity index is 935. The molecule has 0 fully saturated rings. The lowest BCUT2D eigenvalue weighted by Gasteiger charge is -2.04. The van der Waals surface area contributed by atoms with E-state index in [4.69, 9.17) is 16.3 Å². The van der Waals surface area contributed by atoms with Crippen molar-refractivity contribution in [3.05, 3.63) is 52.1 Å². The summed E-state index contributed by atoms with van der Waals surface area (Å²) in [6.45, 7) is 1.81. The fraction of sp³-hybridized carbons (Fsp3) is 0.188. The van der Waals surface area contributed by atoms with E-state index in [1.54, 1.807) is 31.2 Å². The molecule has 1 aromatic carbocycles. The second-order valence-electron chi connectivity index (χ2n) is 5.07. The SMILES string of the molecule is CCOC(=O)c1csc(-n2nc(C(F)(F)F)cc2-c2ccc(Cl)cc2)n1. The number of rotatable bonds is 4. The third-order valence-electron chi connectivity index (χ3n) is 3.30. The molecule has 0 bridgehead atoms. The van der Waals surface area contributed by atoms with E-state index < -0.39 is 17.8 Å². The van der Waals surface area contributed by atoms with Gasteiger partial charge in [0.25, 0.3) is 0 Å². The number of carbonyl (C=O) groups is 1. The van der Waals surface area contributed by atoms with Crippen molar-refractivity contribution < 1.29 is 22.7 Å². The number of nitrogens with zero attached hydrogens (tertiary/aromatic N) is 3. The summed E-state index contributed by atoms with van der Waals surface area (Å²) in [5.41, 5.74) is -0.391. The fourth-order valence-electron chi connectivity index (χ4n) is 2.15. The maximum Gasteiger partial charge on any atom is 0.435 e. The summed E-state index contributed by atoms with van der Waals surface area (Å²) in [4.78, 5) is 15.8. The standard InChI is InChI=1S/C16H11ClF3N3O2S/c1-2-25-14(24)11-8-26-15(21-11)23-12(7-13(22-23)16(18,19)20)9-3-5-10(17)6-4-9/h3-8H,2H2,1H3. The molecule has 3 aromatic rings. The van der Waals surface area contributed by atoms with Crippen molar-refractivity contribution in [1.82, 2.24) is 14.8 Å². The Morgan fingerprint density at radius 2 is 2.00 bits per heavy atom. The van der Waals surface area contributed by atoms with Gasteiger partial charge in [-0.15, -0.1) is 11.3 Å². The van der Waals surface area contributed by atoms with Crippen molar-refractivity contribution in [1.29, 1.82) is 0 Å². The first-order chi connectivity index (χ1) is 12.3. The van der Waals surface area contributed by atoms with Gasteiger partial charge in [-0.2, -0.15) is 18.3 Å². The summed E-state index contributed by atoms with van der Waals surface area (Å²) in [6.07, 6.45) is -4.62. The molecule has 5 nitrogen and oxygen atoms in total. The number of ether oxygens (including phenoxy) is 1. The highest BCUT2D eigenvalue weighted by atomic mass is 35.5. The van der Waals surface area contributed by atoms with Crippen LogP contribution >= 0.6 is 22.9 Å². The molecule has 0 radical (unpaired) electrons. The molecule has 0 saturated heterocycles. The number of alkyl halides is 3. The van der Waals surface area contributed by atoms with E-state index in [2.05, 4.69) is 10.1 Å². The number of halogens is 4. The van der Waals surface area contributed by atoms with Crippen LogP contribution < -0.4 is 0 Å². The van der Waals surface area contributed by atoms with Crippen LogP contribution in [-0.4, -0.2) is 27.3 Å². The topological polar surface area (TPSA) is 57.0 Å². The van der Waals surface area contributed by atoms with Gasteiger partial charge in [0.2, 0.25) is 5.13 Å². The van der Waals surface area contributed by atoms with Crippen LogP contribution in [-0.2, 0) is 10.9 Å². The lowest BCUT2D eigenvalue weighted by atomic mass is 10.1. The number of hydrogen-bond acceptors (Lipinski definition) is 5. The van der Waals surface area contributed by atoms with Crippen LogP contribution in [0.4, 0.5) is 13.2 Å². The van der Waals surface area contributed by atoms with Crippen LogP contribution in [0.1, 0.15) is 23.1 Å². The predicted molar refractivity (Wildman–Crippen MR) is 90.6 cm³/mol. The van der Waals surface area contributed by atoms with Crippen molar-refractivity contribution in [3.63, 3.8) is 0 Å². The number of carbonyl (C=O) groups excluding carboxylic acids is 1. The molecule has 0 unspecified atom stereocenters. The first-order valence-corrected chi connectivity index (χ1v) is 8.61. The predicted octanol–water partition coefficient (Wildman–Crippen LogP) is 4.84. The Hall–Kier alpha value is -2.39. The van der Waals surface area contributed by atoms with Gasteiger partial charge < -0.3 is 4.74 Å². The molecule has 0 saturated carbocycles. The molecule has 2 heterocycles. The summed E-state index contributed by atoms with van der Waals surface area (Å²) in [7, 11) is 0. The molecule has 0 aliphatic rings. The van der Waals surface area contributed by atoms with Gasteiger partial charge >= 0.3 is 12.1 Å². The van der Waals surface area contributed by atoms with E-state index in [0.717, 1.165) is 22.1 Å². The van der Waals surface area contributed by atoms with Gasteiger partial charge in [-0.25, -0.2) is 14.5 Å². The van der Waals surface area contributed by atoms with Crippen LogP contribution in [0.15, 0.2) is 35.7 Å². The molecule has 0 aliphatic heterocycles. The molecular formula is C16H11ClF3N3O2S. The minimum atomic E-state index is -4.62. The van der Waals surface area contributed by atoms with E-state index >= 15 is 0 Å². The van der Waals surface area contributed by atoms with E-state index in [0.29, 0.717) is 10.6 Å². The highest BCUT2D eigenvalue weighted by Crippen LogP contribution is 2.34. The molecule has 0 aliphatic carbocycles. The Morgan fingerprint density at radius 1 is 1.31 bits per heavy atom. The highest BCUT2D eigenvalue weighted by molar-refractivity contribution is 7.12. The molecule has 0 N–H and O–H groups in total. The molecule has 0 atom stereocenters. The van der Waals surface area contributed by atoms with Gasteiger partial charge in [0, 0.05) is 16.0 Å². The van der Waals surface area contributed by atoms with Crippen LogP contribution in [0.5, 0.6) is 0 Å². The van der Waals surface area contributed by atoms with E-state index in [-0.39, 0.29) is 23.1 Å². The third-order valence-corrected chi connectivity index (χ3v) is 4.37. The van der Waals surface area contributed by atoms with Crippen molar-refractivity contribution in [2.24, 2.45) is 0 Å². The van der Waals surface area contributed by atoms with Crippen LogP contribution in [0.2, 0.25) is 5.02 Å². The quantitative estimate of drug-likeness (QED) is 0.587. The molecule has 10 heteroatoms. The second kappa shape index (κ2) is 7.08. The first kappa shape index (κ1) is 18.4. The van der Waals surface area contributed by atoms with Crippen molar-refractivity contribution in [2.45, 2.75) is 13.1 Å². The highest BCUT2D eigenvalue weighted by Gasteiger charge is 2.35. The van der Waals surface area contributed by atoms with E-state index in [1.807, 2.05) is 0 Å². The molecule has 0 amide bonds. The summed E-state index contributed by atoms with van der Waals surface area (Å²) in [5.74, 6) is -0.647. The lowest BCUT2D eigenvalue weighted by molar-refractivity contribution is -0.141. The van der Waals surface area contributed by atoms with E-state index in [1.165, 1.54) is 5.38 Å². The number of esters is 1. The van der Waals surface area contributed by atoms with Gasteiger partial charge in [-0.1, -0.05) is 23.7 Å². The van der Waals surface area contributed by atoms with Gasteiger partial charge in [0.05, 0.1) is 12.3 Å². The van der Waals surface area contributed by atoms with Crippen LogP contribution in [0, 0.1) is 0 Å². The minimum Gasteiger partial charge on any atom is -0.461 e. The Labute approximate surface area is 155 Å². The number of benzene rings is 1. The van der Waals surface area contributed by atoms with E-state index in [9.17, 15) is 18.0 Å². The maximum atomic E-state index is 13.1. The Kier molecular flexibility index (Phi) is 5.01. The molecule has 3 rings (SSSR count). The third kappa shape index (κ3) is 3.73. The maximum absolute atomic E-state index is 13.1. The zero-order valence-electron chi connectivity index (χ0n) is 13.2. The van der Waals surface area contributed by atoms with Crippen LogP contribution in [0.25, 0.3) is 16.4 Å². The smallest absolute Gasteiger partial charge is 0.435 e. The Balaban J connectivity index is 2.09. The van der Waals surface area contributed by atoms with Gasteiger partial charge in [0.1, 0.15) is 0 Å². The first-order valence-electron chi connectivity index (χ1n) is 7.36. The normalized spacial score (nSPS) is 11.6. The second-order valence-corrected chi connectivity index (χ2v) is 6.34. The summed E-state index contributed by atoms with van der Waals surface area (Å²) in [5, 5.41) is 5.61. The zero-order valence-corrected chi connectivity index (χ0v) is 14.8. The summed E-state index contributed by atoms with van der Waals surface area (Å²) < 4.78 is 45.3. The fourth-order valence-corrected chi connectivity index (χ4v) is 3.03. The van der Waals surface area contributed by atoms with Crippen molar-refractivity contribution in [2.75, 3.05) is 6.61 Å². The zero-order chi connectivity index (χ0) is 18.9. The average Bonchev–Trinajstić information content (AvgIpc) is 3.22. The van der Waals surface area contributed by atoms with Crippen LogP contribution in [0.3, 0.4) is 0 Å². The molecule has 26 heavy (non-hydrogen) atoms. The van der Waals surface area contributed by atoms with Gasteiger partial charge in [-0.05, 0) is 25.1 Å². The summed E-state index contributed by atoms with van der Waals surface area (Å²) in [6, 6.07) is 7.21.